The third kappa shape index (κ3) is 7.48. The Morgan fingerprint density at radius 1 is 1.29 bits per heavy atom. The van der Waals surface area contributed by atoms with Gasteiger partial charge in [-0.1, -0.05) is 12.1 Å². The van der Waals surface area contributed by atoms with Gasteiger partial charge in [-0.15, -0.1) is 11.8 Å². The summed E-state index contributed by atoms with van der Waals surface area (Å²) in [6.07, 6.45) is 3.28. The van der Waals surface area contributed by atoms with Gasteiger partial charge in [-0.3, -0.25) is 9.59 Å². The summed E-state index contributed by atoms with van der Waals surface area (Å²) < 4.78 is 4.79. The average Bonchev–Trinajstić information content (AvgIpc) is 2.48. The smallest absolute Gasteiger partial charge is 0.249 e. The molecule has 0 aromatic heterocycles. The topological polar surface area (TPSA) is 79.8 Å². The molecule has 0 aliphatic rings. The molecule has 1 aromatic carbocycles. The molecule has 0 atom stereocenters. The molecule has 0 bridgehead atoms. The van der Waals surface area contributed by atoms with Crippen LogP contribution < -0.4 is 10.7 Å². The van der Waals surface area contributed by atoms with Gasteiger partial charge in [0.2, 0.25) is 11.8 Å². The lowest BCUT2D eigenvalue weighted by Gasteiger charge is -2.03. The van der Waals surface area contributed by atoms with E-state index in [0.29, 0.717) is 13.2 Å². The van der Waals surface area contributed by atoms with E-state index in [1.807, 2.05) is 30.5 Å². The van der Waals surface area contributed by atoms with Crippen LogP contribution in [0.4, 0.5) is 0 Å². The van der Waals surface area contributed by atoms with Crippen LogP contribution in [0.3, 0.4) is 0 Å². The Labute approximate surface area is 128 Å². The van der Waals surface area contributed by atoms with Gasteiger partial charge < -0.3 is 10.1 Å². The van der Waals surface area contributed by atoms with Gasteiger partial charge in [0.05, 0.1) is 12.8 Å². The third-order valence-corrected chi connectivity index (χ3v) is 3.21. The number of hydrogen-bond acceptors (Lipinski definition) is 5. The monoisotopic (exact) mass is 309 g/mol. The fourth-order valence-electron chi connectivity index (χ4n) is 1.41. The van der Waals surface area contributed by atoms with E-state index in [1.165, 1.54) is 6.21 Å². The SMILES string of the molecule is COCCNC(=O)CC(=O)N/N=C/c1ccc(SC)cc1. The normalized spacial score (nSPS) is 10.6. The predicted octanol–water partition coefficient (Wildman–Crippen LogP) is 1.01. The Balaban J connectivity index is 2.31. The highest BCUT2D eigenvalue weighted by Crippen LogP contribution is 2.13. The fraction of sp³-hybridized carbons (Fsp3) is 0.357. The molecule has 6 nitrogen and oxygen atoms in total. The minimum absolute atomic E-state index is 0.257. The minimum Gasteiger partial charge on any atom is -0.383 e. The van der Waals surface area contributed by atoms with E-state index in [-0.39, 0.29) is 12.3 Å². The molecule has 21 heavy (non-hydrogen) atoms. The highest BCUT2D eigenvalue weighted by molar-refractivity contribution is 7.98. The van der Waals surface area contributed by atoms with Crippen LogP contribution in [0, 0.1) is 0 Å². The van der Waals surface area contributed by atoms with Crippen LogP contribution in [-0.4, -0.2) is 44.5 Å². The van der Waals surface area contributed by atoms with Crippen molar-refractivity contribution in [3.63, 3.8) is 0 Å². The van der Waals surface area contributed by atoms with Crippen LogP contribution in [0.25, 0.3) is 0 Å². The molecule has 1 aromatic rings. The number of methoxy groups -OCH3 is 1. The number of carbonyl (C=O) groups is 2. The van der Waals surface area contributed by atoms with E-state index < -0.39 is 5.91 Å². The van der Waals surface area contributed by atoms with Crippen molar-refractivity contribution >= 4 is 29.8 Å². The van der Waals surface area contributed by atoms with Gasteiger partial charge in [0, 0.05) is 18.6 Å². The zero-order valence-electron chi connectivity index (χ0n) is 12.1. The maximum absolute atomic E-state index is 11.5. The standard InChI is InChI=1S/C14H19N3O3S/c1-20-8-7-15-13(18)9-14(19)17-16-10-11-3-5-12(21-2)6-4-11/h3-6,10H,7-9H2,1-2H3,(H,15,18)(H,17,19)/b16-10+. The summed E-state index contributed by atoms with van der Waals surface area (Å²) in [5.74, 6) is -0.814. The van der Waals surface area contributed by atoms with E-state index >= 15 is 0 Å². The number of nitrogens with one attached hydrogen (secondary N) is 2. The second-order valence-electron chi connectivity index (χ2n) is 4.09. The largest absolute Gasteiger partial charge is 0.383 e. The molecule has 0 unspecified atom stereocenters. The van der Waals surface area contributed by atoms with Gasteiger partial charge in [0.1, 0.15) is 6.42 Å². The summed E-state index contributed by atoms with van der Waals surface area (Å²) in [6, 6.07) is 7.74. The summed E-state index contributed by atoms with van der Waals surface area (Å²) in [7, 11) is 1.54. The molecule has 7 heteroatoms. The number of hydrazone groups is 1. The van der Waals surface area contributed by atoms with Crippen molar-refractivity contribution in [3.05, 3.63) is 29.8 Å². The van der Waals surface area contributed by atoms with Crippen LogP contribution in [0.1, 0.15) is 12.0 Å². The molecule has 0 saturated carbocycles. The van der Waals surface area contributed by atoms with Crippen LogP contribution in [0.5, 0.6) is 0 Å². The van der Waals surface area contributed by atoms with Crippen molar-refractivity contribution in [1.29, 1.82) is 0 Å². The zero-order valence-corrected chi connectivity index (χ0v) is 12.9. The number of carbonyl (C=O) groups excluding carboxylic acids is 2. The van der Waals surface area contributed by atoms with Crippen molar-refractivity contribution in [1.82, 2.24) is 10.7 Å². The van der Waals surface area contributed by atoms with Crippen molar-refractivity contribution in [2.75, 3.05) is 26.5 Å². The molecule has 0 fully saturated rings. The Bertz CT molecular complexity index is 489. The van der Waals surface area contributed by atoms with Gasteiger partial charge in [0.15, 0.2) is 0 Å². The highest BCUT2D eigenvalue weighted by atomic mass is 32.2. The molecule has 0 heterocycles. The number of hydrogen-bond donors (Lipinski definition) is 2. The molecular formula is C14H19N3O3S. The van der Waals surface area contributed by atoms with E-state index in [9.17, 15) is 9.59 Å². The number of nitrogens with zero attached hydrogens (tertiary/aromatic N) is 1. The summed E-state index contributed by atoms with van der Waals surface area (Å²) in [5.41, 5.74) is 3.19. The highest BCUT2D eigenvalue weighted by Gasteiger charge is 2.07. The average molecular weight is 309 g/mol. The molecular weight excluding hydrogens is 290 g/mol. The Morgan fingerprint density at radius 2 is 2.00 bits per heavy atom. The number of rotatable bonds is 8. The van der Waals surface area contributed by atoms with Gasteiger partial charge >= 0.3 is 0 Å². The summed E-state index contributed by atoms with van der Waals surface area (Å²) in [4.78, 5) is 24.0. The molecule has 114 valence electrons. The van der Waals surface area contributed by atoms with Gasteiger partial charge in [0.25, 0.3) is 0 Å². The maximum Gasteiger partial charge on any atom is 0.249 e. The first-order valence-corrected chi connectivity index (χ1v) is 7.59. The summed E-state index contributed by atoms with van der Waals surface area (Å²) >= 11 is 1.65. The summed E-state index contributed by atoms with van der Waals surface area (Å²) in [6.45, 7) is 0.797. The van der Waals surface area contributed by atoms with Crippen LogP contribution in [0.15, 0.2) is 34.3 Å². The third-order valence-electron chi connectivity index (χ3n) is 2.47. The van der Waals surface area contributed by atoms with Gasteiger partial charge in [-0.25, -0.2) is 5.43 Å². The molecule has 2 N–H and O–H groups in total. The van der Waals surface area contributed by atoms with Crippen molar-refractivity contribution in [2.24, 2.45) is 5.10 Å². The predicted molar refractivity (Wildman–Crippen MR) is 83.5 cm³/mol. The number of ether oxygens (including phenoxy) is 1. The molecule has 0 saturated heterocycles. The van der Waals surface area contributed by atoms with Crippen LogP contribution in [0.2, 0.25) is 0 Å². The maximum atomic E-state index is 11.5. The lowest BCUT2D eigenvalue weighted by Crippen LogP contribution is -2.31. The van der Waals surface area contributed by atoms with E-state index in [0.717, 1.165) is 10.5 Å². The zero-order chi connectivity index (χ0) is 15.5. The van der Waals surface area contributed by atoms with Crippen LogP contribution in [-0.2, 0) is 14.3 Å². The first kappa shape index (κ1) is 17.2. The Hall–Kier alpha value is -1.86. The van der Waals surface area contributed by atoms with Crippen LogP contribution >= 0.6 is 11.8 Å². The summed E-state index contributed by atoms with van der Waals surface area (Å²) in [5, 5.41) is 6.37. The van der Waals surface area contributed by atoms with Gasteiger partial charge in [-0.2, -0.15) is 5.10 Å². The lowest BCUT2D eigenvalue weighted by molar-refractivity contribution is -0.129. The van der Waals surface area contributed by atoms with Crippen molar-refractivity contribution < 1.29 is 14.3 Å². The van der Waals surface area contributed by atoms with Crippen molar-refractivity contribution in [3.8, 4) is 0 Å². The molecule has 0 aliphatic heterocycles. The van der Waals surface area contributed by atoms with Gasteiger partial charge in [-0.05, 0) is 24.0 Å². The quantitative estimate of drug-likeness (QED) is 0.247. The first-order valence-electron chi connectivity index (χ1n) is 6.37. The van der Waals surface area contributed by atoms with Crippen molar-refractivity contribution in [2.45, 2.75) is 11.3 Å². The lowest BCUT2D eigenvalue weighted by atomic mass is 10.2. The molecule has 2 amide bonds. The number of thioether (sulfide) groups is 1. The second kappa shape index (κ2) is 9.95. The molecule has 0 radical (unpaired) electrons. The Morgan fingerprint density at radius 3 is 2.62 bits per heavy atom. The number of benzene rings is 1. The fourth-order valence-corrected chi connectivity index (χ4v) is 1.82. The Kier molecular flexibility index (Phi) is 8.15. The molecule has 0 spiro atoms. The molecule has 0 aliphatic carbocycles. The van der Waals surface area contributed by atoms with E-state index in [4.69, 9.17) is 4.74 Å². The molecule has 1 rings (SSSR count). The minimum atomic E-state index is -0.457. The second-order valence-corrected chi connectivity index (χ2v) is 4.97. The van der Waals surface area contributed by atoms with E-state index in [2.05, 4.69) is 15.8 Å². The first-order chi connectivity index (χ1) is 10.2. The van der Waals surface area contributed by atoms with E-state index in [1.54, 1.807) is 18.9 Å². The number of amides is 2.